The lowest BCUT2D eigenvalue weighted by Gasteiger charge is -2.42. The van der Waals surface area contributed by atoms with E-state index in [0.29, 0.717) is 23.3 Å². The van der Waals surface area contributed by atoms with Crippen LogP contribution in [0.25, 0.3) is 11.0 Å². The number of likely N-dealkylation sites (tertiary alicyclic amines) is 1. The highest BCUT2D eigenvalue weighted by Gasteiger charge is 2.34. The van der Waals surface area contributed by atoms with Crippen LogP contribution in [-0.2, 0) is 13.1 Å². The molecule has 0 unspecified atom stereocenters. The highest BCUT2D eigenvalue weighted by molar-refractivity contribution is 5.81. The van der Waals surface area contributed by atoms with Crippen molar-refractivity contribution < 1.29 is 4.42 Å². The van der Waals surface area contributed by atoms with E-state index in [-0.39, 0.29) is 11.2 Å². The monoisotopic (exact) mass is 390 g/mol. The quantitative estimate of drug-likeness (QED) is 0.640. The van der Waals surface area contributed by atoms with Gasteiger partial charge in [0.15, 0.2) is 0 Å². The third-order valence-corrected chi connectivity index (χ3v) is 6.47. The van der Waals surface area contributed by atoms with Crippen molar-refractivity contribution >= 4 is 11.0 Å². The lowest BCUT2D eigenvalue weighted by Crippen LogP contribution is -2.46. The average Bonchev–Trinajstić information content (AvgIpc) is 2.68. The minimum Gasteiger partial charge on any atom is -0.423 e. The Hall–Kier alpha value is -2.66. The predicted octanol–water partition coefficient (Wildman–Crippen LogP) is 3.70. The van der Waals surface area contributed by atoms with E-state index in [1.54, 1.807) is 12.1 Å². The molecular formula is C24H26N2O3. The van der Waals surface area contributed by atoms with Crippen molar-refractivity contribution in [1.82, 2.24) is 9.47 Å². The zero-order valence-corrected chi connectivity index (χ0v) is 16.9. The second kappa shape index (κ2) is 6.99. The highest BCUT2D eigenvalue weighted by Crippen LogP contribution is 2.36. The minimum absolute atomic E-state index is 0.110. The van der Waals surface area contributed by atoms with Gasteiger partial charge in [0.1, 0.15) is 5.58 Å². The van der Waals surface area contributed by atoms with Crippen LogP contribution in [0.1, 0.15) is 48.9 Å². The Labute approximate surface area is 169 Å². The molecule has 0 spiro atoms. The van der Waals surface area contributed by atoms with E-state index < -0.39 is 0 Å². The number of piperidine rings is 1. The van der Waals surface area contributed by atoms with Gasteiger partial charge in [0, 0.05) is 55.3 Å². The molecule has 2 atom stereocenters. The summed E-state index contributed by atoms with van der Waals surface area (Å²) in [5.41, 5.74) is 3.90. The van der Waals surface area contributed by atoms with Crippen molar-refractivity contribution in [3.05, 3.63) is 80.1 Å². The fourth-order valence-corrected chi connectivity index (χ4v) is 5.10. The van der Waals surface area contributed by atoms with Crippen molar-refractivity contribution in [3.63, 3.8) is 0 Å². The zero-order valence-electron chi connectivity index (χ0n) is 16.9. The van der Waals surface area contributed by atoms with Crippen molar-refractivity contribution in [2.24, 2.45) is 5.92 Å². The third kappa shape index (κ3) is 3.33. The van der Waals surface area contributed by atoms with Crippen molar-refractivity contribution in [1.29, 1.82) is 0 Å². The van der Waals surface area contributed by atoms with Gasteiger partial charge < -0.3 is 8.98 Å². The van der Waals surface area contributed by atoms with E-state index in [4.69, 9.17) is 4.42 Å². The topological polar surface area (TPSA) is 55.5 Å². The molecule has 150 valence electrons. The van der Waals surface area contributed by atoms with Crippen molar-refractivity contribution in [3.8, 4) is 0 Å². The Morgan fingerprint density at radius 2 is 1.93 bits per heavy atom. The summed E-state index contributed by atoms with van der Waals surface area (Å²) in [6, 6.07) is 13.4. The average molecular weight is 390 g/mol. The summed E-state index contributed by atoms with van der Waals surface area (Å²) < 4.78 is 7.40. The maximum absolute atomic E-state index is 12.2. The Kier molecular flexibility index (Phi) is 4.43. The molecule has 2 bridgehead atoms. The number of fused-ring (bicyclic) bond motifs is 5. The fraction of sp³-hybridized carbons (Fsp3) is 0.417. The van der Waals surface area contributed by atoms with Crippen LogP contribution in [0.2, 0.25) is 0 Å². The molecule has 3 aromatic rings. The van der Waals surface area contributed by atoms with Crippen LogP contribution in [0.3, 0.4) is 0 Å². The minimum atomic E-state index is -0.293. The normalized spacial score (nSPS) is 21.5. The molecule has 0 aliphatic carbocycles. The van der Waals surface area contributed by atoms with E-state index in [2.05, 4.69) is 30.9 Å². The van der Waals surface area contributed by atoms with Crippen LogP contribution in [0.15, 0.2) is 56.5 Å². The lowest BCUT2D eigenvalue weighted by molar-refractivity contribution is 0.114. The first-order chi connectivity index (χ1) is 14.0. The summed E-state index contributed by atoms with van der Waals surface area (Å²) in [4.78, 5) is 26.8. The first-order valence-corrected chi connectivity index (χ1v) is 10.5. The van der Waals surface area contributed by atoms with Gasteiger partial charge in [-0.05, 0) is 47.6 Å². The molecule has 2 aliphatic rings. The van der Waals surface area contributed by atoms with E-state index in [1.165, 1.54) is 5.56 Å². The summed E-state index contributed by atoms with van der Waals surface area (Å²) in [6.45, 7) is 7.72. The van der Waals surface area contributed by atoms with Gasteiger partial charge in [-0.3, -0.25) is 9.69 Å². The van der Waals surface area contributed by atoms with Crippen LogP contribution in [0, 0.1) is 5.92 Å². The second-order valence-corrected chi connectivity index (χ2v) is 8.89. The Morgan fingerprint density at radius 3 is 2.76 bits per heavy atom. The summed E-state index contributed by atoms with van der Waals surface area (Å²) in [5, 5.41) is 1.03. The summed E-state index contributed by atoms with van der Waals surface area (Å²) in [5.74, 6) is 1.26. The van der Waals surface area contributed by atoms with E-state index in [0.717, 1.165) is 49.2 Å². The molecule has 0 N–H and O–H groups in total. The number of benzene rings is 1. The maximum Gasteiger partial charge on any atom is 0.336 e. The van der Waals surface area contributed by atoms with Gasteiger partial charge in [-0.25, -0.2) is 4.79 Å². The predicted molar refractivity (Wildman–Crippen MR) is 113 cm³/mol. The summed E-state index contributed by atoms with van der Waals surface area (Å²) in [7, 11) is 0. The molecule has 2 aliphatic heterocycles. The van der Waals surface area contributed by atoms with E-state index in [9.17, 15) is 9.59 Å². The molecule has 29 heavy (non-hydrogen) atoms. The molecule has 1 aromatic carbocycles. The number of pyridine rings is 1. The van der Waals surface area contributed by atoms with Crippen LogP contribution in [0.4, 0.5) is 0 Å². The molecule has 1 saturated heterocycles. The molecule has 5 heteroatoms. The number of hydrogen-bond acceptors (Lipinski definition) is 4. The van der Waals surface area contributed by atoms with Gasteiger partial charge in [0.05, 0.1) is 0 Å². The SMILES string of the molecule is CC(C)c1ccc2oc(=O)cc(CN3C[C@@H]4C[C@@H](C3)c3cccc(=O)n3C4)c2c1. The van der Waals surface area contributed by atoms with Gasteiger partial charge >= 0.3 is 5.63 Å². The van der Waals surface area contributed by atoms with Gasteiger partial charge in [-0.15, -0.1) is 0 Å². The highest BCUT2D eigenvalue weighted by atomic mass is 16.4. The number of aromatic nitrogens is 1. The fourth-order valence-electron chi connectivity index (χ4n) is 5.10. The van der Waals surface area contributed by atoms with Gasteiger partial charge in [0.2, 0.25) is 0 Å². The van der Waals surface area contributed by atoms with Crippen LogP contribution >= 0.6 is 0 Å². The Bertz CT molecular complexity index is 1190. The molecule has 5 nitrogen and oxygen atoms in total. The second-order valence-electron chi connectivity index (χ2n) is 8.89. The van der Waals surface area contributed by atoms with Crippen molar-refractivity contribution in [2.45, 2.75) is 45.2 Å². The molecule has 4 heterocycles. The molecule has 2 aromatic heterocycles. The number of rotatable bonds is 3. The van der Waals surface area contributed by atoms with E-state index >= 15 is 0 Å². The van der Waals surface area contributed by atoms with Crippen LogP contribution in [-0.4, -0.2) is 22.6 Å². The number of nitrogens with zero attached hydrogens (tertiary/aromatic N) is 2. The molecule has 0 radical (unpaired) electrons. The largest absolute Gasteiger partial charge is 0.423 e. The lowest BCUT2D eigenvalue weighted by atomic mass is 9.83. The first-order valence-electron chi connectivity index (χ1n) is 10.5. The smallest absolute Gasteiger partial charge is 0.336 e. The molecular weight excluding hydrogens is 364 g/mol. The maximum atomic E-state index is 12.2. The Morgan fingerprint density at radius 1 is 1.07 bits per heavy atom. The molecule has 5 rings (SSSR count). The molecule has 0 amide bonds. The summed E-state index contributed by atoms with van der Waals surface area (Å²) in [6.07, 6.45) is 1.13. The Balaban J connectivity index is 1.48. The molecule has 0 saturated carbocycles. The van der Waals surface area contributed by atoms with Crippen molar-refractivity contribution in [2.75, 3.05) is 13.1 Å². The third-order valence-electron chi connectivity index (χ3n) is 6.47. The first kappa shape index (κ1) is 18.4. The standard InChI is InChI=1S/C24H26N2O3/c1-15(2)17-6-7-22-20(9-17)18(10-24(28)29-22)13-25-11-16-8-19(14-25)21-4-3-5-23(27)26(21)12-16/h3-7,9-10,15-16,19H,8,11-14H2,1-2H3/t16-,19-/m0/s1. The number of hydrogen-bond donors (Lipinski definition) is 0. The van der Waals surface area contributed by atoms with Gasteiger partial charge in [0.25, 0.3) is 5.56 Å². The van der Waals surface area contributed by atoms with Crippen LogP contribution < -0.4 is 11.2 Å². The summed E-state index contributed by atoms with van der Waals surface area (Å²) >= 11 is 0. The van der Waals surface area contributed by atoms with Gasteiger partial charge in [-0.2, -0.15) is 0 Å². The van der Waals surface area contributed by atoms with Crippen LogP contribution in [0.5, 0.6) is 0 Å². The zero-order chi connectivity index (χ0) is 20.1. The van der Waals surface area contributed by atoms with Gasteiger partial charge in [-0.1, -0.05) is 26.0 Å². The molecule has 1 fully saturated rings. The van der Waals surface area contributed by atoms with E-state index in [1.807, 2.05) is 22.8 Å².